The summed E-state index contributed by atoms with van der Waals surface area (Å²) < 4.78 is 0. The summed E-state index contributed by atoms with van der Waals surface area (Å²) in [5.74, 6) is 0. The van der Waals surface area contributed by atoms with Gasteiger partial charge in [0, 0.05) is 5.39 Å². The molecule has 0 atom stereocenters. The zero-order valence-electron chi connectivity index (χ0n) is 7.97. The molecule has 2 rings (SSSR count). The zero-order valence-corrected chi connectivity index (χ0v) is 7.97. The summed E-state index contributed by atoms with van der Waals surface area (Å²) >= 11 is 0. The van der Waals surface area contributed by atoms with Gasteiger partial charge >= 0.3 is 0 Å². The zero-order chi connectivity index (χ0) is 9.97. The van der Waals surface area contributed by atoms with Crippen molar-refractivity contribution in [1.82, 2.24) is 6.15 Å². The van der Waals surface area contributed by atoms with Gasteiger partial charge in [-0.2, -0.15) is 0 Å². The number of fused-ring (bicyclic) bond motifs is 1. The summed E-state index contributed by atoms with van der Waals surface area (Å²) in [6.07, 6.45) is 0. The molecule has 0 saturated heterocycles. The van der Waals surface area contributed by atoms with Crippen molar-refractivity contribution in [2.24, 2.45) is 5.18 Å². The summed E-state index contributed by atoms with van der Waals surface area (Å²) in [5, 5.41) is 13.4. The second-order valence-corrected chi connectivity index (χ2v) is 2.88. The van der Waals surface area contributed by atoms with Gasteiger partial charge in [0.05, 0.1) is 5.69 Å². The van der Waals surface area contributed by atoms with Crippen LogP contribution in [0.4, 0.5) is 11.4 Å². The fraction of sp³-hybridized carbons (Fsp3) is 0. The molecule has 2 aromatic carbocycles. The van der Waals surface area contributed by atoms with E-state index in [0.717, 1.165) is 10.8 Å². The first-order chi connectivity index (χ1) is 6.86. The van der Waals surface area contributed by atoms with Gasteiger partial charge in [-0.05, 0) is 16.6 Å². The lowest BCUT2D eigenvalue weighted by Gasteiger charge is -2.05. The molecule has 0 spiro atoms. The van der Waals surface area contributed by atoms with Crippen molar-refractivity contribution in [3.05, 3.63) is 41.3 Å². The van der Waals surface area contributed by atoms with Crippen molar-refractivity contribution in [1.29, 1.82) is 0 Å². The average molecular weight is 205 g/mol. The van der Waals surface area contributed by atoms with Crippen LogP contribution in [-0.2, 0) is 0 Å². The maximum atomic E-state index is 10.4. The minimum Gasteiger partial charge on any atom is -0.344 e. The maximum absolute atomic E-state index is 10.4. The highest BCUT2D eigenvalue weighted by atomic mass is 16.5. The van der Waals surface area contributed by atoms with Crippen LogP contribution in [0.15, 0.2) is 41.6 Å². The van der Waals surface area contributed by atoms with E-state index < -0.39 is 0 Å². The summed E-state index contributed by atoms with van der Waals surface area (Å²) in [6, 6.07) is 10.8. The molecule has 0 radical (unpaired) electrons. The van der Waals surface area contributed by atoms with E-state index in [1.807, 2.05) is 29.7 Å². The number of benzene rings is 2. The van der Waals surface area contributed by atoms with Crippen LogP contribution in [0, 0.1) is 4.91 Å². The van der Waals surface area contributed by atoms with Crippen LogP contribution in [-0.4, -0.2) is 5.21 Å². The van der Waals surface area contributed by atoms with Gasteiger partial charge in [-0.25, -0.2) is 0 Å². The summed E-state index contributed by atoms with van der Waals surface area (Å²) in [5.41, 5.74) is 2.54. The van der Waals surface area contributed by atoms with Gasteiger partial charge in [0.15, 0.2) is 0 Å². The van der Waals surface area contributed by atoms with Gasteiger partial charge in [0.1, 0.15) is 5.69 Å². The van der Waals surface area contributed by atoms with Crippen molar-refractivity contribution in [3.63, 3.8) is 0 Å². The molecule has 0 bridgehead atoms. The van der Waals surface area contributed by atoms with Crippen molar-refractivity contribution < 1.29 is 5.21 Å². The van der Waals surface area contributed by atoms with E-state index in [9.17, 15) is 4.91 Å². The van der Waals surface area contributed by atoms with E-state index in [4.69, 9.17) is 5.21 Å². The van der Waals surface area contributed by atoms with Crippen LogP contribution in [0.5, 0.6) is 0 Å². The lowest BCUT2D eigenvalue weighted by molar-refractivity contribution is 0.390. The molecule has 0 aliphatic heterocycles. The van der Waals surface area contributed by atoms with Crippen molar-refractivity contribution >= 4 is 22.1 Å². The Balaban J connectivity index is 0.00000112. The first-order valence-electron chi connectivity index (χ1n) is 4.12. The minimum atomic E-state index is 0. The third kappa shape index (κ3) is 1.78. The summed E-state index contributed by atoms with van der Waals surface area (Å²) in [7, 11) is 0. The first-order valence-corrected chi connectivity index (χ1v) is 4.12. The van der Waals surface area contributed by atoms with Gasteiger partial charge in [-0.1, -0.05) is 30.3 Å². The molecule has 5 heteroatoms. The number of hydrogen-bond donors (Lipinski definition) is 3. The number of nitroso groups, excluding NO2 is 1. The van der Waals surface area contributed by atoms with Crippen LogP contribution < -0.4 is 11.6 Å². The predicted octanol–water partition coefficient (Wildman–Crippen LogP) is 3.20. The fourth-order valence-electron chi connectivity index (χ4n) is 1.45. The van der Waals surface area contributed by atoms with E-state index in [1.54, 1.807) is 12.1 Å². The molecule has 0 amide bonds. The lowest BCUT2D eigenvalue weighted by atomic mass is 10.1. The van der Waals surface area contributed by atoms with Crippen molar-refractivity contribution in [2.45, 2.75) is 0 Å². The molecule has 5 N–H and O–H groups in total. The summed E-state index contributed by atoms with van der Waals surface area (Å²) in [4.78, 5) is 10.4. The second kappa shape index (κ2) is 4.50. The van der Waals surface area contributed by atoms with Crippen LogP contribution in [0.2, 0.25) is 0 Å². The van der Waals surface area contributed by atoms with Crippen LogP contribution in [0.25, 0.3) is 10.8 Å². The van der Waals surface area contributed by atoms with E-state index in [1.165, 1.54) is 0 Å². The van der Waals surface area contributed by atoms with Gasteiger partial charge in [-0.15, -0.1) is 4.91 Å². The minimum absolute atomic E-state index is 0. The summed E-state index contributed by atoms with van der Waals surface area (Å²) in [6.45, 7) is 0. The molecule has 0 heterocycles. The molecule has 0 aliphatic carbocycles. The van der Waals surface area contributed by atoms with E-state index in [0.29, 0.717) is 5.69 Å². The number of hydrogen-bond acceptors (Lipinski definition) is 5. The second-order valence-electron chi connectivity index (χ2n) is 2.88. The molecule has 0 saturated carbocycles. The van der Waals surface area contributed by atoms with E-state index in [2.05, 4.69) is 5.18 Å². The monoisotopic (exact) mass is 205 g/mol. The quantitative estimate of drug-likeness (QED) is 0.518. The average Bonchev–Trinajstić information content (AvgIpc) is 2.27. The third-order valence-corrected chi connectivity index (χ3v) is 2.12. The highest BCUT2D eigenvalue weighted by Crippen LogP contribution is 2.32. The molecule has 2 aromatic rings. The Morgan fingerprint density at radius 1 is 1.13 bits per heavy atom. The first kappa shape index (κ1) is 11.1. The molecular weight excluding hydrogens is 194 g/mol. The topological polar surface area (TPSA) is 96.7 Å². The number of rotatable bonds is 2. The smallest absolute Gasteiger partial charge is 0.134 e. The lowest BCUT2D eigenvalue weighted by Crippen LogP contribution is -1.90. The molecule has 0 fully saturated rings. The predicted molar refractivity (Wildman–Crippen MR) is 59.8 cm³/mol. The molecule has 0 aliphatic rings. The van der Waals surface area contributed by atoms with E-state index >= 15 is 0 Å². The van der Waals surface area contributed by atoms with Gasteiger partial charge in [0.2, 0.25) is 0 Å². The molecule has 0 unspecified atom stereocenters. The Hall–Kier alpha value is -1.98. The van der Waals surface area contributed by atoms with Gasteiger partial charge in [0.25, 0.3) is 0 Å². The van der Waals surface area contributed by atoms with Crippen LogP contribution in [0.1, 0.15) is 0 Å². The highest BCUT2D eigenvalue weighted by molar-refractivity contribution is 5.98. The molecule has 5 nitrogen and oxygen atoms in total. The fourth-order valence-corrected chi connectivity index (χ4v) is 1.45. The largest absolute Gasteiger partial charge is 0.344 e. The molecular formula is C10H11N3O2. The van der Waals surface area contributed by atoms with E-state index in [-0.39, 0.29) is 11.8 Å². The Bertz CT molecular complexity index is 485. The highest BCUT2D eigenvalue weighted by Gasteiger charge is 2.06. The number of anilines is 1. The number of nitrogens with zero attached hydrogens (tertiary/aromatic N) is 1. The van der Waals surface area contributed by atoms with Crippen molar-refractivity contribution in [2.75, 3.05) is 5.48 Å². The standard InChI is InChI=1S/C10H8N2O2.H3N/c13-11-9-6-5-7-3-1-2-4-8(7)10(9)12-14;/h1-6,12,14H;1H3. The van der Waals surface area contributed by atoms with Crippen LogP contribution in [0.3, 0.4) is 0 Å². The third-order valence-electron chi connectivity index (χ3n) is 2.12. The van der Waals surface area contributed by atoms with Crippen molar-refractivity contribution in [3.8, 4) is 0 Å². The Labute approximate surface area is 86.2 Å². The Kier molecular flexibility index (Phi) is 3.33. The van der Waals surface area contributed by atoms with Gasteiger partial charge in [-0.3, -0.25) is 10.7 Å². The molecule has 0 aromatic heterocycles. The molecule has 78 valence electrons. The Morgan fingerprint density at radius 3 is 2.53 bits per heavy atom. The molecule has 15 heavy (non-hydrogen) atoms. The van der Waals surface area contributed by atoms with Gasteiger partial charge < -0.3 is 6.15 Å². The number of nitrogens with one attached hydrogen (secondary N) is 1. The Morgan fingerprint density at radius 2 is 1.87 bits per heavy atom. The van der Waals surface area contributed by atoms with Crippen LogP contribution >= 0.6 is 0 Å². The SMILES string of the molecule is N.O=Nc1ccc2ccccc2c1NO. The normalized spacial score (nSPS) is 9.40. The maximum Gasteiger partial charge on any atom is 0.134 e.